The summed E-state index contributed by atoms with van der Waals surface area (Å²) in [6, 6.07) is 5.23. The fraction of sp³-hybridized carbons (Fsp3) is 0.353. The molecule has 0 aliphatic heterocycles. The van der Waals surface area contributed by atoms with Crippen molar-refractivity contribution in [2.45, 2.75) is 39.8 Å². The predicted octanol–water partition coefficient (Wildman–Crippen LogP) is 4.16. The molecule has 0 radical (unpaired) electrons. The van der Waals surface area contributed by atoms with Crippen LogP contribution in [0.4, 0.5) is 15.6 Å². The Balaban J connectivity index is 2.16. The predicted molar refractivity (Wildman–Crippen MR) is 104 cm³/mol. The van der Waals surface area contributed by atoms with Crippen LogP contribution in [0.15, 0.2) is 18.2 Å². The Bertz CT molecular complexity index is 830. The van der Waals surface area contributed by atoms with Crippen LogP contribution in [-0.4, -0.2) is 22.6 Å². The van der Waals surface area contributed by atoms with Crippen LogP contribution < -0.4 is 16.4 Å². The lowest BCUT2D eigenvalue weighted by atomic mass is 10.1. The molecule has 0 aliphatic rings. The van der Waals surface area contributed by atoms with Crippen molar-refractivity contribution in [3.8, 4) is 0 Å². The van der Waals surface area contributed by atoms with Crippen LogP contribution in [0.5, 0.6) is 0 Å². The maximum atomic E-state index is 12.6. The van der Waals surface area contributed by atoms with Crippen molar-refractivity contribution < 1.29 is 14.3 Å². The maximum Gasteiger partial charge on any atom is 0.413 e. The first-order valence-corrected chi connectivity index (χ1v) is 9.06. The summed E-state index contributed by atoms with van der Waals surface area (Å²) >= 11 is 7.21. The fourth-order valence-electron chi connectivity index (χ4n) is 2.10. The van der Waals surface area contributed by atoms with Gasteiger partial charge in [0.1, 0.15) is 10.5 Å². The highest BCUT2D eigenvalue weighted by molar-refractivity contribution is 7.17. The molecule has 0 unspecified atom stereocenters. The second-order valence-corrected chi connectivity index (χ2v) is 7.90. The van der Waals surface area contributed by atoms with Crippen molar-refractivity contribution >= 4 is 45.8 Å². The van der Waals surface area contributed by atoms with Gasteiger partial charge in [-0.25, -0.2) is 9.78 Å². The van der Waals surface area contributed by atoms with E-state index in [1.54, 1.807) is 45.9 Å². The molecule has 2 rings (SSSR count). The third-order valence-corrected chi connectivity index (χ3v) is 4.56. The largest absolute Gasteiger partial charge is 0.444 e. The molecule has 2 aromatic rings. The van der Waals surface area contributed by atoms with E-state index in [1.165, 1.54) is 0 Å². The molecule has 1 aromatic heterocycles. The van der Waals surface area contributed by atoms with E-state index in [0.29, 0.717) is 21.3 Å². The van der Waals surface area contributed by atoms with Gasteiger partial charge in [-0.2, -0.15) is 0 Å². The third-order valence-electron chi connectivity index (χ3n) is 3.17. The molecular formula is C17H21ClN4O3S. The number of carbonyl (C=O) groups excluding carboxylic acids is 2. The van der Waals surface area contributed by atoms with Crippen LogP contribution in [0.25, 0.3) is 0 Å². The standard InChI is InChI=1S/C17H21ClN4O3S/c1-9-13(26-15(20-9)22-16(24)25-17(2,3)4)14(23)21-12-10(8-19)6-5-7-11(12)18/h5-7H,8,19H2,1-4H3,(H,21,23)(H,20,22,24). The van der Waals surface area contributed by atoms with Gasteiger partial charge in [0, 0.05) is 6.54 Å². The Labute approximate surface area is 160 Å². The lowest BCUT2D eigenvalue weighted by Gasteiger charge is -2.18. The Hall–Kier alpha value is -2.16. The summed E-state index contributed by atoms with van der Waals surface area (Å²) in [6.07, 6.45) is -0.630. The number of halogens is 1. The second kappa shape index (κ2) is 8.03. The first kappa shape index (κ1) is 20.2. The first-order chi connectivity index (χ1) is 12.1. The molecule has 0 fully saturated rings. The van der Waals surface area contributed by atoms with Crippen molar-refractivity contribution in [2.24, 2.45) is 5.73 Å². The molecule has 140 valence electrons. The van der Waals surface area contributed by atoms with Gasteiger partial charge < -0.3 is 15.8 Å². The van der Waals surface area contributed by atoms with E-state index in [4.69, 9.17) is 22.1 Å². The number of aromatic nitrogens is 1. The normalized spacial score (nSPS) is 11.2. The summed E-state index contributed by atoms with van der Waals surface area (Å²) in [7, 11) is 0. The summed E-state index contributed by atoms with van der Waals surface area (Å²) in [5.74, 6) is -0.375. The van der Waals surface area contributed by atoms with Crippen LogP contribution in [0.1, 0.15) is 41.7 Å². The van der Waals surface area contributed by atoms with Crippen molar-refractivity contribution in [1.29, 1.82) is 0 Å². The minimum Gasteiger partial charge on any atom is -0.444 e. The molecule has 2 amide bonds. The minimum absolute atomic E-state index is 0.239. The number of hydrogen-bond acceptors (Lipinski definition) is 6. The molecule has 9 heteroatoms. The number of nitrogens with one attached hydrogen (secondary N) is 2. The average molecular weight is 397 g/mol. The SMILES string of the molecule is Cc1nc(NC(=O)OC(C)(C)C)sc1C(=O)Nc1c(Cl)cccc1CN. The molecule has 0 atom stereocenters. The zero-order valence-corrected chi connectivity index (χ0v) is 16.5. The molecule has 1 heterocycles. The number of nitrogens with zero attached hydrogens (tertiary/aromatic N) is 1. The summed E-state index contributed by atoms with van der Waals surface area (Å²) in [4.78, 5) is 29.0. The molecule has 1 aromatic carbocycles. The molecule has 0 aliphatic carbocycles. The number of carbonyl (C=O) groups is 2. The van der Waals surface area contributed by atoms with Crippen molar-refractivity contribution in [2.75, 3.05) is 10.6 Å². The number of nitrogens with two attached hydrogens (primary N) is 1. The highest BCUT2D eigenvalue weighted by atomic mass is 35.5. The summed E-state index contributed by atoms with van der Waals surface area (Å²) in [5, 5.41) is 5.98. The van der Waals surface area contributed by atoms with E-state index in [1.807, 2.05) is 0 Å². The Morgan fingerprint density at radius 2 is 2.00 bits per heavy atom. The lowest BCUT2D eigenvalue weighted by molar-refractivity contribution is 0.0635. The monoisotopic (exact) mass is 396 g/mol. The Kier molecular flexibility index (Phi) is 6.22. The fourth-order valence-corrected chi connectivity index (χ4v) is 3.19. The van der Waals surface area contributed by atoms with Gasteiger partial charge in [0.05, 0.1) is 16.4 Å². The lowest BCUT2D eigenvalue weighted by Crippen LogP contribution is -2.27. The van der Waals surface area contributed by atoms with Crippen LogP contribution in [0.3, 0.4) is 0 Å². The molecule has 7 nitrogen and oxygen atoms in total. The number of benzene rings is 1. The molecule has 0 saturated carbocycles. The smallest absolute Gasteiger partial charge is 0.413 e. The zero-order chi connectivity index (χ0) is 19.5. The highest BCUT2D eigenvalue weighted by Gasteiger charge is 2.21. The molecule has 4 N–H and O–H groups in total. The van der Waals surface area contributed by atoms with Gasteiger partial charge >= 0.3 is 6.09 Å². The van der Waals surface area contributed by atoms with Crippen LogP contribution in [0, 0.1) is 6.92 Å². The summed E-state index contributed by atoms with van der Waals surface area (Å²) < 4.78 is 5.18. The van der Waals surface area contributed by atoms with Gasteiger partial charge in [0.15, 0.2) is 5.13 Å². The van der Waals surface area contributed by atoms with E-state index in [0.717, 1.165) is 16.9 Å². The third kappa shape index (κ3) is 5.17. The van der Waals surface area contributed by atoms with E-state index in [9.17, 15) is 9.59 Å². The summed E-state index contributed by atoms with van der Waals surface area (Å²) in [5.41, 5.74) is 6.74. The first-order valence-electron chi connectivity index (χ1n) is 7.87. The number of anilines is 2. The number of rotatable bonds is 4. The molecule has 0 saturated heterocycles. The molecule has 0 spiro atoms. The zero-order valence-electron chi connectivity index (χ0n) is 15.0. The van der Waals surface area contributed by atoms with Gasteiger partial charge in [-0.05, 0) is 39.3 Å². The van der Waals surface area contributed by atoms with Gasteiger partial charge in [-0.15, -0.1) is 0 Å². The van der Waals surface area contributed by atoms with Crippen molar-refractivity contribution in [3.63, 3.8) is 0 Å². The minimum atomic E-state index is -0.630. The number of aryl methyl sites for hydroxylation is 1. The van der Waals surface area contributed by atoms with E-state index < -0.39 is 11.7 Å². The van der Waals surface area contributed by atoms with Gasteiger partial charge in [0.25, 0.3) is 5.91 Å². The van der Waals surface area contributed by atoms with Gasteiger partial charge in [0.2, 0.25) is 0 Å². The van der Waals surface area contributed by atoms with Crippen LogP contribution in [-0.2, 0) is 11.3 Å². The molecule has 26 heavy (non-hydrogen) atoms. The number of hydrogen-bond donors (Lipinski definition) is 3. The highest BCUT2D eigenvalue weighted by Crippen LogP contribution is 2.29. The van der Waals surface area contributed by atoms with Crippen LogP contribution in [0.2, 0.25) is 5.02 Å². The molecular weight excluding hydrogens is 376 g/mol. The average Bonchev–Trinajstić information content (AvgIpc) is 2.87. The maximum absolute atomic E-state index is 12.6. The number of ether oxygens (including phenoxy) is 1. The summed E-state index contributed by atoms with van der Waals surface area (Å²) in [6.45, 7) is 7.21. The van der Waals surface area contributed by atoms with Crippen molar-refractivity contribution in [1.82, 2.24) is 4.98 Å². The van der Waals surface area contributed by atoms with Crippen molar-refractivity contribution in [3.05, 3.63) is 39.4 Å². The Morgan fingerprint density at radius 3 is 2.62 bits per heavy atom. The van der Waals surface area contributed by atoms with E-state index in [2.05, 4.69) is 15.6 Å². The topological polar surface area (TPSA) is 106 Å². The quantitative estimate of drug-likeness (QED) is 0.719. The molecule has 0 bridgehead atoms. The number of para-hydroxylation sites is 1. The number of thiazole rings is 1. The Morgan fingerprint density at radius 1 is 1.31 bits per heavy atom. The van der Waals surface area contributed by atoms with Gasteiger partial charge in [-0.1, -0.05) is 35.1 Å². The van der Waals surface area contributed by atoms with Gasteiger partial charge in [-0.3, -0.25) is 10.1 Å². The number of amides is 2. The van der Waals surface area contributed by atoms with Crippen LogP contribution >= 0.6 is 22.9 Å². The van der Waals surface area contributed by atoms with E-state index in [-0.39, 0.29) is 17.6 Å². The van der Waals surface area contributed by atoms with E-state index >= 15 is 0 Å². The second-order valence-electron chi connectivity index (χ2n) is 6.49.